The number of nitrogens with one attached hydrogen (secondary N) is 1. The van der Waals surface area contributed by atoms with E-state index in [0.717, 1.165) is 18.4 Å². The highest BCUT2D eigenvalue weighted by molar-refractivity contribution is 5.79. The Bertz CT molecular complexity index is 573. The number of nitrogens with zero attached hydrogens (tertiary/aromatic N) is 2. The van der Waals surface area contributed by atoms with Crippen LogP contribution < -0.4 is 5.32 Å². The minimum atomic E-state index is -0.839. The molecule has 2 aliphatic rings. The number of carboxylic acids is 1. The molecule has 1 aliphatic heterocycles. The van der Waals surface area contributed by atoms with Crippen molar-refractivity contribution in [3.05, 3.63) is 30.1 Å². The molecule has 1 saturated heterocycles. The maximum Gasteiger partial charge on any atom is 0.317 e. The first-order chi connectivity index (χ1) is 10.5. The first kappa shape index (κ1) is 14.8. The number of urea groups is 1. The second-order valence-electron chi connectivity index (χ2n) is 6.59. The van der Waals surface area contributed by atoms with E-state index in [2.05, 4.69) is 10.3 Å². The largest absolute Gasteiger partial charge is 0.481 e. The molecule has 0 bridgehead atoms. The van der Waals surface area contributed by atoms with Gasteiger partial charge in [0.2, 0.25) is 0 Å². The Labute approximate surface area is 129 Å². The summed E-state index contributed by atoms with van der Waals surface area (Å²) in [5.41, 5.74) is 0.180. The summed E-state index contributed by atoms with van der Waals surface area (Å²) in [5, 5.41) is 12.3. The number of carboxylic acid groups (broad SMARTS) is 1. The number of hydrogen-bond donors (Lipinski definition) is 2. The van der Waals surface area contributed by atoms with Gasteiger partial charge in [-0.15, -0.1) is 0 Å². The van der Waals surface area contributed by atoms with Gasteiger partial charge < -0.3 is 15.3 Å². The summed E-state index contributed by atoms with van der Waals surface area (Å²) in [4.78, 5) is 29.5. The van der Waals surface area contributed by atoms with Gasteiger partial charge in [-0.05, 0) is 43.7 Å². The zero-order valence-electron chi connectivity index (χ0n) is 12.7. The van der Waals surface area contributed by atoms with Crippen molar-refractivity contribution in [2.24, 2.45) is 11.3 Å². The lowest BCUT2D eigenvalue weighted by Crippen LogP contribution is -2.42. The van der Waals surface area contributed by atoms with E-state index in [-0.39, 0.29) is 18.6 Å². The summed E-state index contributed by atoms with van der Waals surface area (Å²) in [6.07, 6.45) is 6.21. The third kappa shape index (κ3) is 2.91. The maximum atomic E-state index is 12.5. The van der Waals surface area contributed by atoms with Crippen molar-refractivity contribution in [2.75, 3.05) is 13.1 Å². The van der Waals surface area contributed by atoms with E-state index in [1.165, 1.54) is 0 Å². The zero-order chi connectivity index (χ0) is 15.7. The Kier molecular flexibility index (Phi) is 3.76. The molecule has 2 heterocycles. The summed E-state index contributed by atoms with van der Waals surface area (Å²) < 4.78 is 0. The lowest BCUT2D eigenvalue weighted by molar-refractivity contribution is -0.147. The smallest absolute Gasteiger partial charge is 0.317 e. The van der Waals surface area contributed by atoms with E-state index in [4.69, 9.17) is 0 Å². The van der Waals surface area contributed by atoms with E-state index in [0.29, 0.717) is 18.9 Å². The Morgan fingerprint density at radius 2 is 2.27 bits per heavy atom. The minimum Gasteiger partial charge on any atom is -0.481 e. The summed E-state index contributed by atoms with van der Waals surface area (Å²) in [5.74, 6) is -0.379. The number of rotatable bonds is 4. The summed E-state index contributed by atoms with van der Waals surface area (Å²) in [7, 11) is 0. The van der Waals surface area contributed by atoms with Gasteiger partial charge >= 0.3 is 12.0 Å². The molecule has 0 spiro atoms. The standard InChI is InChI=1S/C16H21N3O3/c1-16(14(20)21)6-8-19(10-16)15(22)18-13(11-4-5-11)12-3-2-7-17-9-12/h2-3,7,9,11,13H,4-6,8,10H2,1H3,(H,18,22)(H,20,21). The predicted octanol–water partition coefficient (Wildman–Crippen LogP) is 2.04. The van der Waals surface area contributed by atoms with Crippen molar-refractivity contribution in [2.45, 2.75) is 32.2 Å². The highest BCUT2D eigenvalue weighted by Crippen LogP contribution is 2.41. The number of hydrogen-bond acceptors (Lipinski definition) is 3. The lowest BCUT2D eigenvalue weighted by Gasteiger charge is -2.24. The third-order valence-electron chi connectivity index (χ3n) is 4.69. The molecule has 0 radical (unpaired) electrons. The number of aromatic nitrogens is 1. The average molecular weight is 303 g/mol. The predicted molar refractivity (Wildman–Crippen MR) is 80.2 cm³/mol. The molecule has 2 atom stereocenters. The number of amides is 2. The van der Waals surface area contributed by atoms with Gasteiger partial charge in [-0.1, -0.05) is 6.07 Å². The quantitative estimate of drug-likeness (QED) is 0.891. The first-order valence-electron chi connectivity index (χ1n) is 7.68. The van der Waals surface area contributed by atoms with Gasteiger partial charge in [0.25, 0.3) is 0 Å². The molecule has 3 rings (SSSR count). The highest BCUT2D eigenvalue weighted by atomic mass is 16.4. The number of carbonyl (C=O) groups excluding carboxylic acids is 1. The molecule has 22 heavy (non-hydrogen) atoms. The van der Waals surface area contributed by atoms with Crippen LogP contribution in [-0.4, -0.2) is 40.1 Å². The lowest BCUT2D eigenvalue weighted by atomic mass is 9.90. The van der Waals surface area contributed by atoms with E-state index >= 15 is 0 Å². The van der Waals surface area contributed by atoms with Crippen LogP contribution >= 0.6 is 0 Å². The van der Waals surface area contributed by atoms with E-state index in [1.54, 1.807) is 24.2 Å². The average Bonchev–Trinajstić information content (AvgIpc) is 3.27. The van der Waals surface area contributed by atoms with Crippen LogP contribution in [0.2, 0.25) is 0 Å². The summed E-state index contributed by atoms with van der Waals surface area (Å²) in [6.45, 7) is 2.44. The third-order valence-corrected chi connectivity index (χ3v) is 4.69. The number of aliphatic carboxylic acids is 1. The van der Waals surface area contributed by atoms with Crippen LogP contribution in [0.15, 0.2) is 24.5 Å². The van der Waals surface area contributed by atoms with Crippen molar-refractivity contribution in [1.29, 1.82) is 0 Å². The van der Waals surface area contributed by atoms with Crippen molar-refractivity contribution < 1.29 is 14.7 Å². The number of pyridine rings is 1. The molecule has 1 saturated carbocycles. The second-order valence-corrected chi connectivity index (χ2v) is 6.59. The van der Waals surface area contributed by atoms with E-state index in [9.17, 15) is 14.7 Å². The van der Waals surface area contributed by atoms with E-state index < -0.39 is 11.4 Å². The van der Waals surface area contributed by atoms with Gasteiger partial charge in [0.1, 0.15) is 0 Å². The fourth-order valence-corrected chi connectivity index (χ4v) is 3.00. The van der Waals surface area contributed by atoms with Gasteiger partial charge in [0, 0.05) is 25.5 Å². The van der Waals surface area contributed by atoms with Crippen molar-refractivity contribution in [1.82, 2.24) is 15.2 Å². The van der Waals surface area contributed by atoms with Gasteiger partial charge in [0.05, 0.1) is 11.5 Å². The van der Waals surface area contributed by atoms with Crippen molar-refractivity contribution in [3.63, 3.8) is 0 Å². The fraction of sp³-hybridized carbons (Fsp3) is 0.562. The summed E-state index contributed by atoms with van der Waals surface area (Å²) in [6, 6.07) is 3.64. The molecule has 0 aromatic carbocycles. The molecule has 6 heteroatoms. The molecular formula is C16H21N3O3. The Hall–Kier alpha value is -2.11. The monoisotopic (exact) mass is 303 g/mol. The Morgan fingerprint density at radius 3 is 2.82 bits per heavy atom. The molecule has 2 fully saturated rings. The fourth-order valence-electron chi connectivity index (χ4n) is 3.00. The van der Waals surface area contributed by atoms with Crippen LogP contribution in [0.4, 0.5) is 4.79 Å². The molecule has 2 N–H and O–H groups in total. The van der Waals surface area contributed by atoms with Crippen LogP contribution in [0, 0.1) is 11.3 Å². The van der Waals surface area contributed by atoms with Gasteiger partial charge in [-0.25, -0.2) is 4.79 Å². The van der Waals surface area contributed by atoms with Crippen molar-refractivity contribution in [3.8, 4) is 0 Å². The van der Waals surface area contributed by atoms with Crippen LogP contribution in [0.1, 0.15) is 37.8 Å². The number of likely N-dealkylation sites (tertiary alicyclic amines) is 1. The zero-order valence-corrected chi connectivity index (χ0v) is 12.7. The second kappa shape index (κ2) is 5.59. The molecule has 118 valence electrons. The molecule has 2 unspecified atom stereocenters. The molecule has 1 aromatic rings. The van der Waals surface area contributed by atoms with Gasteiger partial charge in [-0.3, -0.25) is 9.78 Å². The highest BCUT2D eigenvalue weighted by Gasteiger charge is 2.43. The van der Waals surface area contributed by atoms with E-state index in [1.807, 2.05) is 12.1 Å². The Morgan fingerprint density at radius 1 is 1.50 bits per heavy atom. The normalized spacial score (nSPS) is 25.8. The molecule has 6 nitrogen and oxygen atoms in total. The first-order valence-corrected chi connectivity index (χ1v) is 7.68. The maximum absolute atomic E-state index is 12.5. The van der Waals surface area contributed by atoms with Crippen LogP contribution in [0.25, 0.3) is 0 Å². The molecule has 1 aliphatic carbocycles. The minimum absolute atomic E-state index is 0.0297. The number of carbonyl (C=O) groups is 2. The molecule has 1 aromatic heterocycles. The van der Waals surface area contributed by atoms with Crippen LogP contribution in [0.5, 0.6) is 0 Å². The molecule has 2 amide bonds. The van der Waals surface area contributed by atoms with Crippen LogP contribution in [-0.2, 0) is 4.79 Å². The van der Waals surface area contributed by atoms with Gasteiger partial charge in [0.15, 0.2) is 0 Å². The van der Waals surface area contributed by atoms with Crippen molar-refractivity contribution >= 4 is 12.0 Å². The molecular weight excluding hydrogens is 282 g/mol. The summed E-state index contributed by atoms with van der Waals surface area (Å²) >= 11 is 0. The van der Waals surface area contributed by atoms with Crippen LogP contribution in [0.3, 0.4) is 0 Å². The van der Waals surface area contributed by atoms with Gasteiger partial charge in [-0.2, -0.15) is 0 Å². The SMILES string of the molecule is CC1(C(=O)O)CCN(C(=O)NC(c2cccnc2)C2CC2)C1. The topological polar surface area (TPSA) is 82.5 Å². The Balaban J connectivity index is 1.67.